The molecule has 4 rings (SSSR count). The molecule has 0 fully saturated rings. The van der Waals surface area contributed by atoms with E-state index in [9.17, 15) is 18.0 Å². The summed E-state index contributed by atoms with van der Waals surface area (Å²) < 4.78 is 21.6. The van der Waals surface area contributed by atoms with E-state index in [-0.39, 0.29) is 16.5 Å². The normalized spacial score (nSPS) is 11.7. The van der Waals surface area contributed by atoms with Crippen molar-refractivity contribution in [1.29, 1.82) is 0 Å². The maximum absolute atomic E-state index is 12.4. The molecule has 4 nitrogen and oxygen atoms in total. The van der Waals surface area contributed by atoms with Gasteiger partial charge in [-0.2, -0.15) is 0 Å². The number of hydrogen-bond acceptors (Lipinski definition) is 4. The van der Waals surface area contributed by atoms with Crippen LogP contribution in [-0.2, 0) is 16.3 Å². The molecule has 0 saturated heterocycles. The summed E-state index contributed by atoms with van der Waals surface area (Å²) >= 11 is 15.6. The fraction of sp³-hybridized carbons (Fsp3) is 0.103. The molecule has 202 valence electrons. The molecule has 0 aliphatic carbocycles. The van der Waals surface area contributed by atoms with Crippen LogP contribution in [-0.4, -0.2) is 24.7 Å². The van der Waals surface area contributed by atoms with E-state index in [1.807, 2.05) is 54.6 Å². The first-order valence-electron chi connectivity index (χ1n) is 11.4. The van der Waals surface area contributed by atoms with Gasteiger partial charge in [0.2, 0.25) is 14.5 Å². The van der Waals surface area contributed by atoms with Crippen molar-refractivity contribution >= 4 is 101 Å². The largest absolute Gasteiger partial charge is 0.291 e. The minimum Gasteiger partial charge on any atom is -0.291 e. The fourth-order valence-electron chi connectivity index (χ4n) is 3.40. The third-order valence-electron chi connectivity index (χ3n) is 5.43. The van der Waals surface area contributed by atoms with Gasteiger partial charge in [0.05, 0.1) is 4.90 Å². The van der Waals surface area contributed by atoms with Crippen LogP contribution >= 0.6 is 79.6 Å². The Balaban J connectivity index is 0.000000216. The second-order valence-electron chi connectivity index (χ2n) is 8.22. The molecule has 0 radical (unpaired) electrons. The quantitative estimate of drug-likeness (QED) is 0.106. The maximum atomic E-state index is 12.4. The lowest BCUT2D eigenvalue weighted by Gasteiger charge is -2.17. The van der Waals surface area contributed by atoms with Crippen molar-refractivity contribution in [2.45, 2.75) is 16.0 Å². The van der Waals surface area contributed by atoms with Gasteiger partial charge in [0, 0.05) is 11.1 Å². The molecule has 0 amide bonds. The van der Waals surface area contributed by atoms with Crippen LogP contribution in [0.25, 0.3) is 0 Å². The van der Waals surface area contributed by atoms with Crippen LogP contribution in [0.15, 0.2) is 120 Å². The molecule has 0 aromatic heterocycles. The first kappa shape index (κ1) is 32.1. The van der Waals surface area contributed by atoms with Crippen LogP contribution in [0.2, 0.25) is 0 Å². The zero-order chi connectivity index (χ0) is 28.7. The standard InChI is InChI=1S/C15H10Br2O2.C14H11Br3O2S/c16-15(17,13(18)11-7-3-1-4-8-11)14(19)12-9-5-2-6-10-12;15-14(16,17)20(18,19)13-8-6-12(7-9-13)10-11-4-2-1-3-5-11/h1-10H;1-9H,10H2. The van der Waals surface area contributed by atoms with E-state index in [0.717, 1.165) is 12.0 Å². The van der Waals surface area contributed by atoms with Crippen molar-refractivity contribution in [2.24, 2.45) is 0 Å². The van der Waals surface area contributed by atoms with Crippen molar-refractivity contribution < 1.29 is 18.0 Å². The second kappa shape index (κ2) is 14.0. The maximum Gasteiger partial charge on any atom is 0.239 e. The molecule has 0 bridgehead atoms. The molecule has 39 heavy (non-hydrogen) atoms. The number of sulfone groups is 1. The third-order valence-corrected chi connectivity index (χ3v) is 12.2. The lowest BCUT2D eigenvalue weighted by Crippen LogP contribution is -2.34. The molecule has 0 atom stereocenters. The second-order valence-corrected chi connectivity index (χ2v) is 22.1. The van der Waals surface area contributed by atoms with Gasteiger partial charge in [0.25, 0.3) is 0 Å². The Labute approximate surface area is 270 Å². The summed E-state index contributed by atoms with van der Waals surface area (Å²) in [6.45, 7) is 0. The van der Waals surface area contributed by atoms with Gasteiger partial charge in [0.1, 0.15) is 0 Å². The molecule has 4 aromatic rings. The van der Waals surface area contributed by atoms with Crippen LogP contribution in [0.4, 0.5) is 0 Å². The summed E-state index contributed by atoms with van der Waals surface area (Å²) in [7, 11) is -3.52. The first-order valence-corrected chi connectivity index (χ1v) is 16.8. The number of carbonyl (C=O) groups excluding carboxylic acids is 2. The zero-order valence-electron chi connectivity index (χ0n) is 20.1. The number of ketones is 2. The number of Topliss-reactive ketones (excluding diaryl/α,β-unsaturated/α-hetero) is 2. The Kier molecular flexibility index (Phi) is 11.5. The number of benzene rings is 4. The van der Waals surface area contributed by atoms with E-state index in [4.69, 9.17) is 0 Å². The molecular formula is C29H21Br5O4S. The van der Waals surface area contributed by atoms with Gasteiger partial charge >= 0.3 is 0 Å². The highest BCUT2D eigenvalue weighted by molar-refractivity contribution is 9.42. The van der Waals surface area contributed by atoms with E-state index in [2.05, 4.69) is 79.6 Å². The summed E-state index contributed by atoms with van der Waals surface area (Å²) in [5, 5.41) is 0. The van der Waals surface area contributed by atoms with E-state index in [1.54, 1.807) is 60.7 Å². The SMILES string of the molecule is O=C(c1ccccc1)C(Br)(Br)C(=O)c1ccccc1.O=S(=O)(c1ccc(Cc2ccccc2)cc1)C(Br)(Br)Br. The van der Waals surface area contributed by atoms with Gasteiger partial charge in [-0.1, -0.05) is 135 Å². The molecule has 0 spiro atoms. The highest BCUT2D eigenvalue weighted by atomic mass is 80.0. The summed E-state index contributed by atoms with van der Waals surface area (Å²) in [6.07, 6.45) is 0.781. The molecule has 4 aromatic carbocycles. The van der Waals surface area contributed by atoms with E-state index < -0.39 is 14.5 Å². The number of alkyl halides is 5. The predicted octanol–water partition coefficient (Wildman–Crippen LogP) is 9.09. The highest BCUT2D eigenvalue weighted by Gasteiger charge is 2.41. The van der Waals surface area contributed by atoms with Gasteiger partial charge in [-0.3, -0.25) is 9.59 Å². The molecule has 0 N–H and O–H groups in total. The summed E-state index contributed by atoms with van der Waals surface area (Å²) in [4.78, 5) is 25.0. The van der Waals surface area contributed by atoms with Crippen molar-refractivity contribution in [2.75, 3.05) is 0 Å². The van der Waals surface area contributed by atoms with Crippen molar-refractivity contribution in [3.63, 3.8) is 0 Å². The highest BCUT2D eigenvalue weighted by Crippen LogP contribution is 2.43. The summed E-state index contributed by atoms with van der Waals surface area (Å²) in [6, 6.07) is 34.3. The van der Waals surface area contributed by atoms with Crippen LogP contribution in [0.1, 0.15) is 31.8 Å². The molecule has 0 aliphatic rings. The molecule has 0 aliphatic heterocycles. The average molecular weight is 865 g/mol. The summed E-state index contributed by atoms with van der Waals surface area (Å²) in [5.74, 6) is -0.635. The average Bonchev–Trinajstić information content (AvgIpc) is 2.94. The minimum atomic E-state index is -3.52. The monoisotopic (exact) mass is 860 g/mol. The Morgan fingerprint density at radius 1 is 0.538 bits per heavy atom. The Morgan fingerprint density at radius 3 is 1.28 bits per heavy atom. The molecule has 0 saturated carbocycles. The van der Waals surface area contributed by atoms with Gasteiger partial charge in [0.15, 0.2) is 11.6 Å². The third kappa shape index (κ3) is 8.53. The minimum absolute atomic E-state index is 0.250. The van der Waals surface area contributed by atoms with Crippen LogP contribution in [0, 0.1) is 0 Å². The molecular weight excluding hydrogens is 844 g/mol. The van der Waals surface area contributed by atoms with Crippen LogP contribution in [0.3, 0.4) is 0 Å². The first-order chi connectivity index (χ1) is 18.3. The fourth-order valence-corrected chi connectivity index (χ4v) is 6.76. The topological polar surface area (TPSA) is 68.3 Å². The van der Waals surface area contributed by atoms with Gasteiger partial charge in [-0.15, -0.1) is 0 Å². The van der Waals surface area contributed by atoms with E-state index in [1.165, 1.54) is 5.56 Å². The lowest BCUT2D eigenvalue weighted by atomic mass is 10.0. The van der Waals surface area contributed by atoms with Gasteiger partial charge in [-0.05, 0) is 77.5 Å². The van der Waals surface area contributed by atoms with Gasteiger partial charge < -0.3 is 0 Å². The van der Waals surface area contributed by atoms with Crippen molar-refractivity contribution in [1.82, 2.24) is 0 Å². The Bertz CT molecular complexity index is 1450. The lowest BCUT2D eigenvalue weighted by molar-refractivity contribution is 0.0894. The molecule has 0 unspecified atom stereocenters. The summed E-state index contributed by atoms with van der Waals surface area (Å²) in [5.41, 5.74) is 3.21. The number of carbonyl (C=O) groups is 2. The Morgan fingerprint density at radius 2 is 0.897 bits per heavy atom. The number of rotatable bonds is 7. The molecule has 10 heteroatoms. The van der Waals surface area contributed by atoms with E-state index >= 15 is 0 Å². The number of halogens is 5. The predicted molar refractivity (Wildman–Crippen MR) is 175 cm³/mol. The number of hydrogen-bond donors (Lipinski definition) is 0. The van der Waals surface area contributed by atoms with Crippen molar-refractivity contribution in [3.05, 3.63) is 138 Å². The smallest absolute Gasteiger partial charge is 0.239 e. The molecule has 0 heterocycles. The van der Waals surface area contributed by atoms with Crippen molar-refractivity contribution in [3.8, 4) is 0 Å². The Hall–Kier alpha value is -1.43. The van der Waals surface area contributed by atoms with Crippen LogP contribution < -0.4 is 0 Å². The zero-order valence-corrected chi connectivity index (χ0v) is 28.9. The van der Waals surface area contributed by atoms with Crippen LogP contribution in [0.5, 0.6) is 0 Å². The van der Waals surface area contributed by atoms with Gasteiger partial charge in [-0.25, -0.2) is 8.42 Å². The van der Waals surface area contributed by atoms with E-state index in [0.29, 0.717) is 11.1 Å².